The van der Waals surface area contributed by atoms with Gasteiger partial charge in [-0.3, -0.25) is 0 Å². The zero-order valence-electron chi connectivity index (χ0n) is 10.7. The van der Waals surface area contributed by atoms with Crippen LogP contribution >= 0.6 is 15.9 Å². The summed E-state index contributed by atoms with van der Waals surface area (Å²) >= 11 is 3.48. The Kier molecular flexibility index (Phi) is 3.47. The van der Waals surface area contributed by atoms with E-state index in [4.69, 9.17) is 10.5 Å². The molecule has 0 bridgehead atoms. The molecule has 102 valence electrons. The van der Waals surface area contributed by atoms with Crippen molar-refractivity contribution in [2.45, 2.75) is 18.9 Å². The number of nitrogen functional groups attached to an aromatic ring is 1. The van der Waals surface area contributed by atoms with E-state index in [2.05, 4.69) is 27.1 Å². The minimum Gasteiger partial charge on any atom is -0.382 e. The van der Waals surface area contributed by atoms with Gasteiger partial charge in [0.1, 0.15) is 29.2 Å². The van der Waals surface area contributed by atoms with E-state index < -0.39 is 0 Å². The van der Waals surface area contributed by atoms with Crippen LogP contribution in [0.3, 0.4) is 0 Å². The minimum atomic E-state index is -0.129. The second-order valence-corrected chi connectivity index (χ2v) is 5.48. The lowest BCUT2D eigenvalue weighted by atomic mass is 10.1. The minimum absolute atomic E-state index is 0.129. The van der Waals surface area contributed by atoms with Crippen LogP contribution in [0.2, 0.25) is 0 Å². The highest BCUT2D eigenvalue weighted by molar-refractivity contribution is 9.10. The van der Waals surface area contributed by atoms with Crippen LogP contribution in [0.5, 0.6) is 0 Å². The zero-order chi connectivity index (χ0) is 14.1. The standard InChI is InChI=1S/C14H13BrN4O/c15-10-4-1-2-5-11(10)19-14(17)9(8-16)13(18-19)12-6-3-7-20-12/h1-2,4-5,12H,3,6-7,17H2. The normalized spacial score (nSPS) is 18.1. The second-order valence-electron chi connectivity index (χ2n) is 4.62. The predicted octanol–water partition coefficient (Wildman–Crippen LogP) is 2.94. The Balaban J connectivity index is 2.14. The molecule has 1 aromatic carbocycles. The molecular formula is C14H13BrN4O. The largest absolute Gasteiger partial charge is 0.382 e. The van der Waals surface area contributed by atoms with Crippen molar-refractivity contribution in [1.82, 2.24) is 9.78 Å². The van der Waals surface area contributed by atoms with Crippen molar-refractivity contribution < 1.29 is 4.74 Å². The highest BCUT2D eigenvalue weighted by atomic mass is 79.9. The summed E-state index contributed by atoms with van der Waals surface area (Å²) in [5.74, 6) is 0.352. The summed E-state index contributed by atoms with van der Waals surface area (Å²) < 4.78 is 8.09. The number of nitriles is 1. The molecule has 2 heterocycles. The molecule has 1 aromatic heterocycles. The van der Waals surface area contributed by atoms with E-state index in [0.717, 1.165) is 23.0 Å². The van der Waals surface area contributed by atoms with E-state index in [0.29, 0.717) is 23.7 Å². The van der Waals surface area contributed by atoms with E-state index >= 15 is 0 Å². The first-order valence-electron chi connectivity index (χ1n) is 6.37. The van der Waals surface area contributed by atoms with E-state index in [-0.39, 0.29) is 6.10 Å². The number of rotatable bonds is 2. The maximum Gasteiger partial charge on any atom is 0.145 e. The molecule has 3 rings (SSSR count). The fourth-order valence-corrected chi connectivity index (χ4v) is 2.84. The summed E-state index contributed by atoms with van der Waals surface area (Å²) in [7, 11) is 0. The number of hydrogen-bond acceptors (Lipinski definition) is 4. The average molecular weight is 333 g/mol. The number of nitrogens with two attached hydrogens (primary N) is 1. The van der Waals surface area contributed by atoms with Crippen molar-refractivity contribution in [3.63, 3.8) is 0 Å². The Labute approximate surface area is 125 Å². The quantitative estimate of drug-likeness (QED) is 0.917. The van der Waals surface area contributed by atoms with Crippen LogP contribution in [-0.2, 0) is 4.74 Å². The molecule has 1 saturated heterocycles. The Morgan fingerprint density at radius 1 is 1.45 bits per heavy atom. The first-order chi connectivity index (χ1) is 9.72. The molecular weight excluding hydrogens is 320 g/mol. The van der Waals surface area contributed by atoms with Crippen molar-refractivity contribution >= 4 is 21.7 Å². The Bertz CT molecular complexity index is 683. The first-order valence-corrected chi connectivity index (χ1v) is 7.16. The van der Waals surface area contributed by atoms with E-state index in [1.54, 1.807) is 4.68 Å². The van der Waals surface area contributed by atoms with Crippen molar-refractivity contribution in [3.05, 3.63) is 40.0 Å². The molecule has 5 nitrogen and oxygen atoms in total. The van der Waals surface area contributed by atoms with Crippen LogP contribution in [0.4, 0.5) is 5.82 Å². The average Bonchev–Trinajstić information content (AvgIpc) is 3.07. The first kappa shape index (κ1) is 13.2. The van der Waals surface area contributed by atoms with Gasteiger partial charge in [0.25, 0.3) is 0 Å². The summed E-state index contributed by atoms with van der Waals surface area (Å²) in [4.78, 5) is 0. The number of halogens is 1. The van der Waals surface area contributed by atoms with E-state index in [9.17, 15) is 5.26 Å². The molecule has 1 atom stereocenters. The number of nitrogens with zero attached hydrogens (tertiary/aromatic N) is 3. The highest BCUT2D eigenvalue weighted by Gasteiger charge is 2.27. The molecule has 20 heavy (non-hydrogen) atoms. The third-order valence-corrected chi connectivity index (χ3v) is 4.05. The lowest BCUT2D eigenvalue weighted by molar-refractivity contribution is 0.108. The molecule has 1 fully saturated rings. The summed E-state index contributed by atoms with van der Waals surface area (Å²) in [5.41, 5.74) is 7.94. The third-order valence-electron chi connectivity index (χ3n) is 3.38. The molecule has 2 aromatic rings. The van der Waals surface area contributed by atoms with Gasteiger partial charge in [-0.05, 0) is 40.9 Å². The maximum atomic E-state index is 9.34. The summed E-state index contributed by atoms with van der Waals surface area (Å²) in [6.45, 7) is 0.706. The van der Waals surface area contributed by atoms with Crippen molar-refractivity contribution in [2.75, 3.05) is 12.3 Å². The summed E-state index contributed by atoms with van der Waals surface area (Å²) in [6.07, 6.45) is 1.73. The van der Waals surface area contributed by atoms with Crippen molar-refractivity contribution in [2.24, 2.45) is 0 Å². The molecule has 2 N–H and O–H groups in total. The Morgan fingerprint density at radius 3 is 2.90 bits per heavy atom. The van der Waals surface area contributed by atoms with Gasteiger partial charge in [0.15, 0.2) is 0 Å². The van der Waals surface area contributed by atoms with Crippen LogP contribution in [-0.4, -0.2) is 16.4 Å². The van der Waals surface area contributed by atoms with Crippen LogP contribution < -0.4 is 5.73 Å². The predicted molar refractivity (Wildman–Crippen MR) is 78.3 cm³/mol. The Hall–Kier alpha value is -1.84. The lowest BCUT2D eigenvalue weighted by Gasteiger charge is -2.06. The lowest BCUT2D eigenvalue weighted by Crippen LogP contribution is -2.03. The SMILES string of the molecule is N#Cc1c(C2CCCO2)nn(-c2ccccc2Br)c1N. The van der Waals surface area contributed by atoms with Gasteiger partial charge in [-0.15, -0.1) is 0 Å². The molecule has 0 radical (unpaired) electrons. The van der Waals surface area contributed by atoms with Crippen LogP contribution in [0, 0.1) is 11.3 Å². The second kappa shape index (κ2) is 5.27. The van der Waals surface area contributed by atoms with Gasteiger partial charge in [0, 0.05) is 11.1 Å². The van der Waals surface area contributed by atoms with Crippen molar-refractivity contribution in [1.29, 1.82) is 5.26 Å². The van der Waals surface area contributed by atoms with Gasteiger partial charge in [-0.25, -0.2) is 4.68 Å². The van der Waals surface area contributed by atoms with Gasteiger partial charge in [-0.2, -0.15) is 10.4 Å². The maximum absolute atomic E-state index is 9.34. The van der Waals surface area contributed by atoms with Gasteiger partial charge >= 0.3 is 0 Å². The van der Waals surface area contributed by atoms with Gasteiger partial charge in [0.05, 0.1) is 5.69 Å². The summed E-state index contributed by atoms with van der Waals surface area (Å²) in [5, 5.41) is 13.8. The molecule has 1 aliphatic rings. The molecule has 0 saturated carbocycles. The van der Waals surface area contributed by atoms with Crippen molar-refractivity contribution in [3.8, 4) is 11.8 Å². The molecule has 1 unspecified atom stereocenters. The van der Waals surface area contributed by atoms with Gasteiger partial charge in [-0.1, -0.05) is 12.1 Å². The van der Waals surface area contributed by atoms with E-state index in [1.165, 1.54) is 0 Å². The number of ether oxygens (including phenoxy) is 1. The molecule has 6 heteroatoms. The molecule has 0 spiro atoms. The number of hydrogen-bond donors (Lipinski definition) is 1. The monoisotopic (exact) mass is 332 g/mol. The zero-order valence-corrected chi connectivity index (χ0v) is 12.3. The van der Waals surface area contributed by atoms with Gasteiger partial charge < -0.3 is 10.5 Å². The van der Waals surface area contributed by atoms with Gasteiger partial charge in [0.2, 0.25) is 0 Å². The fourth-order valence-electron chi connectivity index (χ4n) is 2.39. The van der Waals surface area contributed by atoms with Crippen LogP contribution in [0.1, 0.15) is 30.2 Å². The highest BCUT2D eigenvalue weighted by Crippen LogP contribution is 2.34. The van der Waals surface area contributed by atoms with Crippen LogP contribution in [0.25, 0.3) is 5.69 Å². The number of anilines is 1. The third kappa shape index (κ3) is 2.09. The number of para-hydroxylation sites is 1. The fraction of sp³-hybridized carbons (Fsp3) is 0.286. The summed E-state index contributed by atoms with van der Waals surface area (Å²) in [6, 6.07) is 9.77. The topological polar surface area (TPSA) is 76.9 Å². The molecule has 0 amide bonds. The Morgan fingerprint density at radius 2 is 2.25 bits per heavy atom. The number of aromatic nitrogens is 2. The smallest absolute Gasteiger partial charge is 0.145 e. The molecule has 1 aliphatic heterocycles. The van der Waals surface area contributed by atoms with Crippen LogP contribution in [0.15, 0.2) is 28.7 Å². The van der Waals surface area contributed by atoms with E-state index in [1.807, 2.05) is 24.3 Å². The molecule has 0 aliphatic carbocycles. The number of benzene rings is 1.